The number of rotatable bonds is 15. The maximum atomic E-state index is 13.1. The second-order valence-electron chi connectivity index (χ2n) is 8.94. The molecule has 3 rings (SSSR count). The fourth-order valence-electron chi connectivity index (χ4n) is 4.09. The molecule has 1 N–H and O–H groups in total. The van der Waals surface area contributed by atoms with Gasteiger partial charge in [-0.2, -0.15) is 0 Å². The predicted molar refractivity (Wildman–Crippen MR) is 135 cm³/mol. The second kappa shape index (κ2) is 15.2. The SMILES string of the molecule is CCOC(Cc1ccc(OCCN(CCOCc2ccc(F)cc2)C(=O)OC2CCCC2)cc1)C(=O)O. The van der Waals surface area contributed by atoms with Gasteiger partial charge in [-0.1, -0.05) is 24.3 Å². The number of amides is 1. The molecule has 0 bridgehead atoms. The Balaban J connectivity index is 1.47. The lowest BCUT2D eigenvalue weighted by Gasteiger charge is -2.24. The van der Waals surface area contributed by atoms with Gasteiger partial charge in [0, 0.05) is 19.6 Å². The zero-order chi connectivity index (χ0) is 26.5. The summed E-state index contributed by atoms with van der Waals surface area (Å²) in [5, 5.41) is 9.25. The van der Waals surface area contributed by atoms with Gasteiger partial charge in [-0.25, -0.2) is 14.0 Å². The molecular weight excluding hydrogens is 481 g/mol. The Bertz CT molecular complexity index is 962. The molecule has 9 heteroatoms. The first-order valence-corrected chi connectivity index (χ1v) is 12.8. The van der Waals surface area contributed by atoms with Crippen molar-refractivity contribution in [3.8, 4) is 5.75 Å². The molecule has 1 aliphatic rings. The molecular formula is C28H36FNO7. The number of hydrogen-bond donors (Lipinski definition) is 1. The highest BCUT2D eigenvalue weighted by Crippen LogP contribution is 2.22. The van der Waals surface area contributed by atoms with E-state index >= 15 is 0 Å². The predicted octanol–water partition coefficient (Wildman–Crippen LogP) is 4.83. The third-order valence-electron chi connectivity index (χ3n) is 6.13. The van der Waals surface area contributed by atoms with Gasteiger partial charge in [0.2, 0.25) is 0 Å². The van der Waals surface area contributed by atoms with Gasteiger partial charge in [0.05, 0.1) is 19.8 Å². The van der Waals surface area contributed by atoms with Gasteiger partial charge in [-0.15, -0.1) is 0 Å². The quantitative estimate of drug-likeness (QED) is 0.338. The highest BCUT2D eigenvalue weighted by molar-refractivity contribution is 5.72. The fraction of sp³-hybridized carbons (Fsp3) is 0.500. The lowest BCUT2D eigenvalue weighted by Crippen LogP contribution is -2.39. The van der Waals surface area contributed by atoms with E-state index in [4.69, 9.17) is 18.9 Å². The number of nitrogens with zero attached hydrogens (tertiary/aromatic N) is 1. The monoisotopic (exact) mass is 517 g/mol. The van der Waals surface area contributed by atoms with E-state index in [1.807, 2.05) is 0 Å². The van der Waals surface area contributed by atoms with Crippen LogP contribution in [0.3, 0.4) is 0 Å². The Morgan fingerprint density at radius 3 is 2.30 bits per heavy atom. The second-order valence-corrected chi connectivity index (χ2v) is 8.94. The molecule has 0 aliphatic heterocycles. The molecule has 0 aromatic heterocycles. The van der Waals surface area contributed by atoms with E-state index in [1.165, 1.54) is 12.1 Å². The van der Waals surface area contributed by atoms with Gasteiger partial charge >= 0.3 is 12.1 Å². The molecule has 0 saturated heterocycles. The van der Waals surface area contributed by atoms with Crippen molar-refractivity contribution < 1.29 is 38.0 Å². The summed E-state index contributed by atoms with van der Waals surface area (Å²) in [7, 11) is 0. The van der Waals surface area contributed by atoms with Gasteiger partial charge in [0.1, 0.15) is 24.3 Å². The van der Waals surface area contributed by atoms with Crippen molar-refractivity contribution in [3.63, 3.8) is 0 Å². The molecule has 37 heavy (non-hydrogen) atoms. The maximum Gasteiger partial charge on any atom is 0.410 e. The molecule has 1 amide bonds. The number of carbonyl (C=O) groups excluding carboxylic acids is 1. The zero-order valence-electron chi connectivity index (χ0n) is 21.3. The highest BCUT2D eigenvalue weighted by atomic mass is 19.1. The molecule has 202 valence electrons. The first-order chi connectivity index (χ1) is 17.9. The van der Waals surface area contributed by atoms with Crippen LogP contribution in [-0.4, -0.2) is 67.2 Å². The maximum absolute atomic E-state index is 13.1. The number of ether oxygens (including phenoxy) is 4. The minimum Gasteiger partial charge on any atom is -0.492 e. The zero-order valence-corrected chi connectivity index (χ0v) is 21.3. The third-order valence-corrected chi connectivity index (χ3v) is 6.13. The molecule has 1 atom stereocenters. The first-order valence-electron chi connectivity index (χ1n) is 12.8. The largest absolute Gasteiger partial charge is 0.492 e. The van der Waals surface area contributed by atoms with Crippen LogP contribution >= 0.6 is 0 Å². The van der Waals surface area contributed by atoms with E-state index in [9.17, 15) is 19.1 Å². The van der Waals surface area contributed by atoms with Crippen molar-refractivity contribution in [2.45, 2.75) is 57.8 Å². The van der Waals surface area contributed by atoms with Crippen molar-refractivity contribution in [1.82, 2.24) is 4.90 Å². The standard InChI is InChI=1S/C28H36FNO7/c1-2-35-26(27(31)32)19-21-9-13-24(14-10-21)36-18-16-30(28(33)37-25-5-3-4-6-25)15-17-34-20-22-7-11-23(29)12-8-22/h7-14,25-26H,2-6,15-20H2,1H3,(H,31,32). The van der Waals surface area contributed by atoms with E-state index in [0.717, 1.165) is 36.8 Å². The summed E-state index contributed by atoms with van der Waals surface area (Å²) in [6.07, 6.45) is 2.85. The number of halogens is 1. The average molecular weight is 518 g/mol. The summed E-state index contributed by atoms with van der Waals surface area (Å²) < 4.78 is 35.5. The normalized spacial score (nSPS) is 14.3. The summed E-state index contributed by atoms with van der Waals surface area (Å²) in [4.78, 5) is 25.7. The minimum absolute atomic E-state index is 0.0464. The van der Waals surface area contributed by atoms with E-state index in [1.54, 1.807) is 48.2 Å². The topological polar surface area (TPSA) is 94.5 Å². The van der Waals surface area contributed by atoms with Crippen molar-refractivity contribution in [2.75, 3.05) is 32.9 Å². The van der Waals surface area contributed by atoms with Gasteiger partial charge in [0.15, 0.2) is 6.10 Å². The van der Waals surface area contributed by atoms with Crippen LogP contribution in [0, 0.1) is 5.82 Å². The molecule has 0 heterocycles. The molecule has 1 unspecified atom stereocenters. The van der Waals surface area contributed by atoms with Crippen LogP contribution in [0.4, 0.5) is 9.18 Å². The molecule has 0 radical (unpaired) electrons. The van der Waals surface area contributed by atoms with Gasteiger partial charge < -0.3 is 29.0 Å². The number of benzene rings is 2. The summed E-state index contributed by atoms with van der Waals surface area (Å²) >= 11 is 0. The van der Waals surface area contributed by atoms with Crippen molar-refractivity contribution in [1.29, 1.82) is 0 Å². The van der Waals surface area contributed by atoms with Gasteiger partial charge in [-0.3, -0.25) is 0 Å². The first kappa shape index (κ1) is 28.4. The molecule has 1 fully saturated rings. The molecule has 1 saturated carbocycles. The molecule has 8 nitrogen and oxygen atoms in total. The van der Waals surface area contributed by atoms with Crippen LogP contribution in [-0.2, 0) is 32.0 Å². The van der Waals surface area contributed by atoms with Crippen molar-refractivity contribution in [3.05, 3.63) is 65.5 Å². The van der Waals surface area contributed by atoms with E-state index < -0.39 is 12.1 Å². The Kier molecular flexibility index (Phi) is 11.6. The van der Waals surface area contributed by atoms with Gasteiger partial charge in [0.25, 0.3) is 0 Å². The number of carboxylic acid groups (broad SMARTS) is 1. The van der Waals surface area contributed by atoms with Crippen LogP contribution in [0.15, 0.2) is 48.5 Å². The molecule has 2 aromatic rings. The molecule has 0 spiro atoms. The van der Waals surface area contributed by atoms with Crippen molar-refractivity contribution >= 4 is 12.1 Å². The number of aliphatic carboxylic acids is 1. The van der Waals surface area contributed by atoms with Crippen LogP contribution in [0.1, 0.15) is 43.7 Å². The summed E-state index contributed by atoms with van der Waals surface area (Å²) in [6.45, 7) is 3.62. The Morgan fingerprint density at radius 1 is 1.00 bits per heavy atom. The van der Waals surface area contributed by atoms with Crippen LogP contribution < -0.4 is 4.74 Å². The Labute approximate surface area is 217 Å². The molecule has 1 aliphatic carbocycles. The highest BCUT2D eigenvalue weighted by Gasteiger charge is 2.23. The number of carboxylic acids is 1. The van der Waals surface area contributed by atoms with E-state index in [-0.39, 0.29) is 31.0 Å². The van der Waals surface area contributed by atoms with Crippen LogP contribution in [0.5, 0.6) is 5.75 Å². The fourth-order valence-corrected chi connectivity index (χ4v) is 4.09. The van der Waals surface area contributed by atoms with E-state index in [2.05, 4.69) is 0 Å². The molecule has 2 aromatic carbocycles. The van der Waals surface area contributed by atoms with Gasteiger partial charge in [-0.05, 0) is 68.0 Å². The van der Waals surface area contributed by atoms with Crippen LogP contribution in [0.25, 0.3) is 0 Å². The lowest BCUT2D eigenvalue weighted by molar-refractivity contribution is -0.149. The summed E-state index contributed by atoms with van der Waals surface area (Å²) in [5.74, 6) is -0.675. The Morgan fingerprint density at radius 2 is 1.65 bits per heavy atom. The Hall–Kier alpha value is -3.17. The van der Waals surface area contributed by atoms with E-state index in [0.29, 0.717) is 38.7 Å². The summed E-state index contributed by atoms with van der Waals surface area (Å²) in [6, 6.07) is 13.3. The smallest absolute Gasteiger partial charge is 0.410 e. The lowest BCUT2D eigenvalue weighted by atomic mass is 10.1. The average Bonchev–Trinajstić information content (AvgIpc) is 3.40. The third kappa shape index (κ3) is 10.0. The minimum atomic E-state index is -0.992. The van der Waals surface area contributed by atoms with Crippen LogP contribution in [0.2, 0.25) is 0 Å². The van der Waals surface area contributed by atoms with Crippen molar-refractivity contribution in [2.24, 2.45) is 0 Å². The number of hydrogen-bond acceptors (Lipinski definition) is 6. The summed E-state index contributed by atoms with van der Waals surface area (Å²) in [5.41, 5.74) is 1.68. The number of carbonyl (C=O) groups is 2.